The first-order valence-electron chi connectivity index (χ1n) is 11.6. The third-order valence-corrected chi connectivity index (χ3v) is 8.29. The van der Waals surface area contributed by atoms with Crippen LogP contribution in [0.4, 0.5) is 13.2 Å². The number of carboxylic acids is 1. The maximum absolute atomic E-state index is 13.0. The van der Waals surface area contributed by atoms with Gasteiger partial charge < -0.3 is 14.6 Å². The standard InChI is InChI=1S/C27H26F3NO4S2/c1-14(2)22(23-15(3)31-25(37-23)16-5-8-18(9-6-16)27(28,29)30)35-20-10-7-17(13-21(34-4)26(32)33)24-19(20)11-12-36-24/h5-12,14,21-22H,13H2,1-4H3,(H,32,33). The Morgan fingerprint density at radius 3 is 2.41 bits per heavy atom. The molecular formula is C27H26F3NO4S2. The number of nitrogens with zero attached hydrogens (tertiary/aromatic N) is 1. The number of benzene rings is 2. The SMILES string of the molecule is COC(Cc1ccc(OC(c2sc(-c3ccc(C(F)(F)F)cc3)nc2C)C(C)C)c2ccsc12)C(=O)O. The van der Waals surface area contributed by atoms with Gasteiger partial charge in [0.1, 0.15) is 16.9 Å². The van der Waals surface area contributed by atoms with E-state index in [9.17, 15) is 23.1 Å². The van der Waals surface area contributed by atoms with Crippen LogP contribution in [0.15, 0.2) is 47.8 Å². The Morgan fingerprint density at radius 1 is 1.11 bits per heavy atom. The normalized spacial score (nSPS) is 13.7. The van der Waals surface area contributed by atoms with Gasteiger partial charge in [-0.1, -0.05) is 32.0 Å². The van der Waals surface area contributed by atoms with Crippen molar-refractivity contribution in [3.8, 4) is 16.3 Å². The van der Waals surface area contributed by atoms with Crippen LogP contribution in [-0.2, 0) is 22.1 Å². The molecule has 0 aliphatic heterocycles. The van der Waals surface area contributed by atoms with Gasteiger partial charge in [-0.05, 0) is 48.1 Å². The number of halogens is 3. The summed E-state index contributed by atoms with van der Waals surface area (Å²) in [5.74, 6) is -0.262. The fraction of sp³-hybridized carbons (Fsp3) is 0.333. The van der Waals surface area contributed by atoms with Crippen molar-refractivity contribution in [2.45, 2.75) is 45.6 Å². The lowest BCUT2D eigenvalue weighted by molar-refractivity contribution is -0.148. The van der Waals surface area contributed by atoms with E-state index in [1.807, 2.05) is 44.4 Å². The molecule has 10 heteroatoms. The number of fused-ring (bicyclic) bond motifs is 1. The number of hydrogen-bond donors (Lipinski definition) is 1. The molecule has 0 spiro atoms. The quantitative estimate of drug-likeness (QED) is 0.231. The highest BCUT2D eigenvalue weighted by atomic mass is 32.1. The number of aryl methyl sites for hydroxylation is 1. The average molecular weight is 550 g/mol. The predicted octanol–water partition coefficient (Wildman–Crippen LogP) is 7.77. The van der Waals surface area contributed by atoms with Gasteiger partial charge in [0.05, 0.1) is 16.1 Å². The van der Waals surface area contributed by atoms with Crippen LogP contribution in [0.5, 0.6) is 5.75 Å². The molecule has 4 rings (SSSR count). The van der Waals surface area contributed by atoms with Crippen molar-refractivity contribution in [1.29, 1.82) is 0 Å². The van der Waals surface area contributed by atoms with E-state index in [4.69, 9.17) is 9.47 Å². The van der Waals surface area contributed by atoms with Crippen LogP contribution >= 0.6 is 22.7 Å². The molecule has 196 valence electrons. The van der Waals surface area contributed by atoms with Crippen molar-refractivity contribution >= 4 is 38.7 Å². The molecule has 2 unspecified atom stereocenters. The van der Waals surface area contributed by atoms with E-state index in [1.165, 1.54) is 41.9 Å². The molecule has 0 aliphatic carbocycles. The first-order valence-corrected chi connectivity index (χ1v) is 13.3. The third kappa shape index (κ3) is 5.81. The minimum Gasteiger partial charge on any atom is -0.484 e. The minimum absolute atomic E-state index is 0.0813. The average Bonchev–Trinajstić information content (AvgIpc) is 3.48. The zero-order chi connectivity index (χ0) is 26.9. The van der Waals surface area contributed by atoms with Crippen molar-refractivity contribution in [3.63, 3.8) is 0 Å². The molecule has 0 saturated heterocycles. The van der Waals surface area contributed by atoms with Gasteiger partial charge in [0.15, 0.2) is 6.10 Å². The van der Waals surface area contributed by atoms with E-state index in [-0.39, 0.29) is 18.4 Å². The van der Waals surface area contributed by atoms with Crippen molar-refractivity contribution in [1.82, 2.24) is 4.98 Å². The fourth-order valence-electron chi connectivity index (χ4n) is 4.06. The number of alkyl halides is 3. The molecule has 2 aromatic carbocycles. The lowest BCUT2D eigenvalue weighted by Gasteiger charge is -2.23. The number of thiazole rings is 1. The Balaban J connectivity index is 1.64. The number of aromatic nitrogens is 1. The lowest BCUT2D eigenvalue weighted by atomic mass is 10.0. The Hall–Kier alpha value is -2.95. The molecule has 4 aromatic rings. The van der Waals surface area contributed by atoms with Gasteiger partial charge in [0, 0.05) is 29.2 Å². The maximum atomic E-state index is 13.0. The molecule has 0 radical (unpaired) electrons. The zero-order valence-corrected chi connectivity index (χ0v) is 22.3. The minimum atomic E-state index is -4.39. The highest BCUT2D eigenvalue weighted by Crippen LogP contribution is 2.41. The Kier molecular flexibility index (Phi) is 7.91. The van der Waals surface area contributed by atoms with Crippen molar-refractivity contribution in [2.75, 3.05) is 7.11 Å². The Morgan fingerprint density at radius 2 is 1.81 bits per heavy atom. The number of ether oxygens (including phenoxy) is 2. The summed E-state index contributed by atoms with van der Waals surface area (Å²) in [7, 11) is 1.38. The Labute approximate surface area is 220 Å². The summed E-state index contributed by atoms with van der Waals surface area (Å²) in [6.07, 6.45) is -5.43. The van der Waals surface area contributed by atoms with E-state index in [2.05, 4.69) is 4.98 Å². The number of carbonyl (C=O) groups is 1. The second-order valence-electron chi connectivity index (χ2n) is 8.98. The molecule has 0 saturated carbocycles. The highest BCUT2D eigenvalue weighted by molar-refractivity contribution is 7.17. The molecule has 0 aliphatic rings. The van der Waals surface area contributed by atoms with Crippen molar-refractivity contribution < 1.29 is 32.5 Å². The van der Waals surface area contributed by atoms with Gasteiger partial charge in [-0.25, -0.2) is 9.78 Å². The van der Waals surface area contributed by atoms with Gasteiger partial charge in [0.2, 0.25) is 0 Å². The summed E-state index contributed by atoms with van der Waals surface area (Å²) in [6, 6.07) is 10.7. The molecule has 0 fully saturated rings. The number of aliphatic carboxylic acids is 1. The largest absolute Gasteiger partial charge is 0.484 e. The smallest absolute Gasteiger partial charge is 0.416 e. The second-order valence-corrected chi connectivity index (χ2v) is 10.9. The molecule has 0 bridgehead atoms. The predicted molar refractivity (Wildman–Crippen MR) is 139 cm³/mol. The third-order valence-electron chi connectivity index (χ3n) is 6.03. The van der Waals surface area contributed by atoms with E-state index >= 15 is 0 Å². The van der Waals surface area contributed by atoms with Crippen LogP contribution in [0, 0.1) is 12.8 Å². The van der Waals surface area contributed by atoms with Crippen molar-refractivity contribution in [3.05, 3.63) is 69.5 Å². The number of carboxylic acid groups (broad SMARTS) is 1. The van der Waals surface area contributed by atoms with Gasteiger partial charge in [-0.2, -0.15) is 13.2 Å². The van der Waals surface area contributed by atoms with Gasteiger partial charge in [-0.15, -0.1) is 22.7 Å². The topological polar surface area (TPSA) is 68.7 Å². The molecule has 2 aromatic heterocycles. The molecule has 2 atom stereocenters. The highest BCUT2D eigenvalue weighted by Gasteiger charge is 2.30. The van der Waals surface area contributed by atoms with Crippen LogP contribution < -0.4 is 4.74 Å². The van der Waals surface area contributed by atoms with E-state index in [0.717, 1.165) is 38.4 Å². The van der Waals surface area contributed by atoms with Crippen LogP contribution in [0.3, 0.4) is 0 Å². The molecule has 37 heavy (non-hydrogen) atoms. The molecule has 0 amide bonds. The van der Waals surface area contributed by atoms with Gasteiger partial charge >= 0.3 is 12.1 Å². The van der Waals surface area contributed by atoms with E-state index in [1.54, 1.807) is 0 Å². The van der Waals surface area contributed by atoms with Crippen LogP contribution in [0.2, 0.25) is 0 Å². The monoisotopic (exact) mass is 549 g/mol. The number of hydrogen-bond acceptors (Lipinski definition) is 6. The molecule has 5 nitrogen and oxygen atoms in total. The van der Waals surface area contributed by atoms with Gasteiger partial charge in [0.25, 0.3) is 0 Å². The molecular weight excluding hydrogens is 523 g/mol. The summed E-state index contributed by atoms with van der Waals surface area (Å²) >= 11 is 2.92. The van der Waals surface area contributed by atoms with E-state index in [0.29, 0.717) is 16.3 Å². The van der Waals surface area contributed by atoms with E-state index < -0.39 is 23.8 Å². The summed E-state index contributed by atoms with van der Waals surface area (Å²) in [5.41, 5.74) is 1.55. The number of methoxy groups -OCH3 is 1. The first kappa shape index (κ1) is 27.1. The first-order chi connectivity index (χ1) is 17.5. The summed E-state index contributed by atoms with van der Waals surface area (Å²) in [5, 5.41) is 12.8. The molecule has 2 heterocycles. The van der Waals surface area contributed by atoms with Crippen LogP contribution in [0.25, 0.3) is 20.7 Å². The summed E-state index contributed by atoms with van der Waals surface area (Å²) in [4.78, 5) is 17.0. The maximum Gasteiger partial charge on any atom is 0.416 e. The lowest BCUT2D eigenvalue weighted by Crippen LogP contribution is -2.24. The van der Waals surface area contributed by atoms with Crippen molar-refractivity contribution in [2.24, 2.45) is 5.92 Å². The Bertz CT molecular complexity index is 1390. The van der Waals surface area contributed by atoms with Crippen LogP contribution in [0.1, 0.15) is 41.6 Å². The number of thiophene rings is 1. The number of rotatable bonds is 9. The van der Waals surface area contributed by atoms with Crippen LogP contribution in [-0.4, -0.2) is 29.3 Å². The second kappa shape index (κ2) is 10.8. The fourth-order valence-corrected chi connectivity index (χ4v) is 6.27. The summed E-state index contributed by atoms with van der Waals surface area (Å²) < 4.78 is 51.5. The molecule has 1 N–H and O–H groups in total. The zero-order valence-electron chi connectivity index (χ0n) is 20.6. The van der Waals surface area contributed by atoms with Gasteiger partial charge in [-0.3, -0.25) is 0 Å². The summed E-state index contributed by atoms with van der Waals surface area (Å²) in [6.45, 7) is 5.95.